The van der Waals surface area contributed by atoms with E-state index in [1.807, 2.05) is 30.0 Å². The van der Waals surface area contributed by atoms with Crippen LogP contribution in [0, 0.1) is 0 Å². The van der Waals surface area contributed by atoms with Gasteiger partial charge in [-0.15, -0.1) is 0 Å². The Morgan fingerprint density at radius 2 is 2.00 bits per heavy atom. The van der Waals surface area contributed by atoms with Crippen LogP contribution in [0.25, 0.3) is 0 Å². The summed E-state index contributed by atoms with van der Waals surface area (Å²) in [5.74, 6) is 0.213. The molecule has 0 aromatic heterocycles. The van der Waals surface area contributed by atoms with E-state index in [0.29, 0.717) is 12.6 Å². The Balaban J connectivity index is 2.03. The Hall–Kier alpha value is -1.39. The van der Waals surface area contributed by atoms with Crippen LogP contribution in [-0.4, -0.2) is 61.0 Å². The van der Waals surface area contributed by atoms with Crippen molar-refractivity contribution in [1.29, 1.82) is 0 Å². The summed E-state index contributed by atoms with van der Waals surface area (Å²) in [5, 5.41) is 3.59. The maximum absolute atomic E-state index is 12.5. The lowest BCUT2D eigenvalue weighted by Gasteiger charge is -2.46. The van der Waals surface area contributed by atoms with Crippen LogP contribution in [-0.2, 0) is 11.2 Å². The van der Waals surface area contributed by atoms with Gasteiger partial charge in [0.15, 0.2) is 0 Å². The molecule has 1 fully saturated rings. The third-order valence-corrected chi connectivity index (χ3v) is 4.03. The predicted molar refractivity (Wildman–Crippen MR) is 86.3 cm³/mol. The molecular formula is C17H27N3O. The van der Waals surface area contributed by atoms with Crippen LogP contribution in [0.15, 0.2) is 30.3 Å². The number of amides is 1. The number of nitrogens with zero attached hydrogens (tertiary/aromatic N) is 2. The van der Waals surface area contributed by atoms with E-state index in [-0.39, 0.29) is 11.4 Å². The Bertz CT molecular complexity index is 470. The highest BCUT2D eigenvalue weighted by molar-refractivity contribution is 5.79. The van der Waals surface area contributed by atoms with Crippen molar-refractivity contribution < 1.29 is 4.79 Å². The fourth-order valence-corrected chi connectivity index (χ4v) is 2.85. The monoisotopic (exact) mass is 289 g/mol. The molecule has 0 radical (unpaired) electrons. The first-order chi connectivity index (χ1) is 9.88. The van der Waals surface area contributed by atoms with Crippen molar-refractivity contribution in [1.82, 2.24) is 15.1 Å². The summed E-state index contributed by atoms with van der Waals surface area (Å²) in [6.07, 6.45) is 0.961. The van der Waals surface area contributed by atoms with Crippen molar-refractivity contribution in [3.05, 3.63) is 35.9 Å². The van der Waals surface area contributed by atoms with Gasteiger partial charge >= 0.3 is 0 Å². The lowest BCUT2D eigenvalue weighted by molar-refractivity contribution is -0.139. The van der Waals surface area contributed by atoms with Crippen LogP contribution < -0.4 is 5.32 Å². The topological polar surface area (TPSA) is 35.6 Å². The molecule has 0 bridgehead atoms. The van der Waals surface area contributed by atoms with Gasteiger partial charge in [0.25, 0.3) is 0 Å². The summed E-state index contributed by atoms with van der Waals surface area (Å²) >= 11 is 0. The molecule has 2 rings (SSSR count). The van der Waals surface area contributed by atoms with Crippen LogP contribution in [0.5, 0.6) is 0 Å². The van der Waals surface area contributed by atoms with Crippen molar-refractivity contribution in [3.8, 4) is 0 Å². The molecule has 4 heteroatoms. The van der Waals surface area contributed by atoms with Gasteiger partial charge in [0.05, 0.1) is 6.54 Å². The third kappa shape index (κ3) is 4.29. The molecule has 1 N–H and O–H groups in total. The second-order valence-corrected chi connectivity index (χ2v) is 6.82. The maximum Gasteiger partial charge on any atom is 0.237 e. The number of nitrogens with one attached hydrogen (secondary N) is 1. The molecule has 21 heavy (non-hydrogen) atoms. The molecule has 1 atom stereocenters. The molecule has 1 aliphatic heterocycles. The molecule has 1 aliphatic rings. The van der Waals surface area contributed by atoms with E-state index in [1.54, 1.807) is 0 Å². The van der Waals surface area contributed by atoms with E-state index in [1.165, 1.54) is 5.56 Å². The van der Waals surface area contributed by atoms with Gasteiger partial charge in [-0.2, -0.15) is 0 Å². The number of hydrogen-bond donors (Lipinski definition) is 1. The van der Waals surface area contributed by atoms with Gasteiger partial charge in [0.1, 0.15) is 0 Å². The quantitative estimate of drug-likeness (QED) is 0.909. The van der Waals surface area contributed by atoms with E-state index in [0.717, 1.165) is 19.5 Å². The standard InChI is InChI=1S/C17H27N3O/c1-17(2)13-18-15(10-14-8-6-5-7-9-14)11-20(17)16(21)12-19(3)4/h5-9,15,18H,10-13H2,1-4H3. The van der Waals surface area contributed by atoms with Crippen LogP contribution in [0.3, 0.4) is 0 Å². The van der Waals surface area contributed by atoms with Gasteiger partial charge in [-0.3, -0.25) is 4.79 Å². The first kappa shape index (κ1) is 16.0. The van der Waals surface area contributed by atoms with Gasteiger partial charge in [0, 0.05) is 24.7 Å². The number of rotatable bonds is 4. The Morgan fingerprint density at radius 3 is 2.62 bits per heavy atom. The highest BCUT2D eigenvalue weighted by Gasteiger charge is 2.36. The van der Waals surface area contributed by atoms with Gasteiger partial charge in [-0.1, -0.05) is 30.3 Å². The second kappa shape index (κ2) is 6.58. The number of hydrogen-bond acceptors (Lipinski definition) is 3. The minimum atomic E-state index is -0.125. The summed E-state index contributed by atoms with van der Waals surface area (Å²) < 4.78 is 0. The van der Waals surface area contributed by atoms with Crippen LogP contribution >= 0.6 is 0 Å². The maximum atomic E-state index is 12.5. The fourth-order valence-electron chi connectivity index (χ4n) is 2.85. The molecule has 1 aromatic rings. The number of carbonyl (C=O) groups excluding carboxylic acids is 1. The van der Waals surface area contributed by atoms with Gasteiger partial charge in [-0.05, 0) is 39.9 Å². The predicted octanol–water partition coefficient (Wildman–Crippen LogP) is 1.37. The van der Waals surface area contributed by atoms with Crippen molar-refractivity contribution in [2.45, 2.75) is 31.8 Å². The van der Waals surface area contributed by atoms with Gasteiger partial charge in [0.2, 0.25) is 5.91 Å². The summed E-state index contributed by atoms with van der Waals surface area (Å²) in [5.41, 5.74) is 1.19. The number of benzene rings is 1. The molecule has 4 nitrogen and oxygen atoms in total. The van der Waals surface area contributed by atoms with E-state index in [2.05, 4.69) is 43.4 Å². The molecular weight excluding hydrogens is 262 g/mol. The highest BCUT2D eigenvalue weighted by atomic mass is 16.2. The summed E-state index contributed by atoms with van der Waals surface area (Å²) in [6.45, 7) is 6.35. The lowest BCUT2D eigenvalue weighted by Crippen LogP contribution is -2.65. The second-order valence-electron chi connectivity index (χ2n) is 6.82. The highest BCUT2D eigenvalue weighted by Crippen LogP contribution is 2.20. The number of piperazine rings is 1. The molecule has 1 heterocycles. The van der Waals surface area contributed by atoms with Crippen LogP contribution in [0.4, 0.5) is 0 Å². The minimum absolute atomic E-state index is 0.125. The molecule has 1 unspecified atom stereocenters. The molecule has 116 valence electrons. The van der Waals surface area contributed by atoms with E-state index in [9.17, 15) is 4.79 Å². The van der Waals surface area contributed by atoms with Crippen LogP contribution in [0.2, 0.25) is 0 Å². The first-order valence-corrected chi connectivity index (χ1v) is 7.61. The van der Waals surface area contributed by atoms with Gasteiger partial charge < -0.3 is 15.1 Å². The lowest BCUT2D eigenvalue weighted by atomic mass is 9.94. The summed E-state index contributed by atoms with van der Waals surface area (Å²) in [4.78, 5) is 16.5. The molecule has 1 aromatic carbocycles. The van der Waals surface area contributed by atoms with E-state index < -0.39 is 0 Å². The Labute approximate surface area is 128 Å². The van der Waals surface area contributed by atoms with Crippen molar-refractivity contribution in [3.63, 3.8) is 0 Å². The average Bonchev–Trinajstić information content (AvgIpc) is 2.41. The van der Waals surface area contributed by atoms with E-state index >= 15 is 0 Å². The van der Waals surface area contributed by atoms with Crippen LogP contribution in [0.1, 0.15) is 19.4 Å². The first-order valence-electron chi connectivity index (χ1n) is 7.61. The minimum Gasteiger partial charge on any atom is -0.334 e. The van der Waals surface area contributed by atoms with E-state index in [4.69, 9.17) is 0 Å². The normalized spacial score (nSPS) is 21.6. The zero-order valence-corrected chi connectivity index (χ0v) is 13.6. The van der Waals surface area contributed by atoms with Crippen molar-refractivity contribution >= 4 is 5.91 Å². The fraction of sp³-hybridized carbons (Fsp3) is 0.588. The zero-order chi connectivity index (χ0) is 15.5. The molecule has 0 spiro atoms. The Kier molecular flexibility index (Phi) is 5.01. The molecule has 0 saturated carbocycles. The molecule has 1 saturated heterocycles. The smallest absolute Gasteiger partial charge is 0.237 e. The largest absolute Gasteiger partial charge is 0.334 e. The van der Waals surface area contributed by atoms with Gasteiger partial charge in [-0.25, -0.2) is 0 Å². The number of likely N-dealkylation sites (N-methyl/N-ethyl adjacent to an activating group) is 1. The summed E-state index contributed by atoms with van der Waals surface area (Å²) in [7, 11) is 3.88. The summed E-state index contributed by atoms with van der Waals surface area (Å²) in [6, 6.07) is 10.8. The third-order valence-electron chi connectivity index (χ3n) is 4.03. The van der Waals surface area contributed by atoms with Crippen molar-refractivity contribution in [2.24, 2.45) is 0 Å². The zero-order valence-electron chi connectivity index (χ0n) is 13.6. The van der Waals surface area contributed by atoms with Crippen molar-refractivity contribution in [2.75, 3.05) is 33.7 Å². The Morgan fingerprint density at radius 1 is 1.33 bits per heavy atom. The molecule has 0 aliphatic carbocycles. The SMILES string of the molecule is CN(C)CC(=O)N1CC(Cc2ccccc2)NCC1(C)C. The number of carbonyl (C=O) groups is 1. The molecule has 1 amide bonds. The average molecular weight is 289 g/mol.